The van der Waals surface area contributed by atoms with Crippen LogP contribution in [0.15, 0.2) is 42.5 Å². The van der Waals surface area contributed by atoms with Gasteiger partial charge in [-0.2, -0.15) is 5.26 Å². The first kappa shape index (κ1) is 15.1. The quantitative estimate of drug-likeness (QED) is 0.592. The molecule has 4 heteroatoms. The van der Waals surface area contributed by atoms with Gasteiger partial charge in [0.05, 0.1) is 23.3 Å². The Kier molecular flexibility index (Phi) is 4.97. The van der Waals surface area contributed by atoms with Gasteiger partial charge in [-0.05, 0) is 48.4 Å². The van der Waals surface area contributed by atoms with E-state index in [1.165, 1.54) is 12.1 Å². The van der Waals surface area contributed by atoms with Gasteiger partial charge in [0.15, 0.2) is 0 Å². The lowest BCUT2D eigenvalue weighted by molar-refractivity contribution is 0.340. The smallest absolute Gasteiger partial charge is 0.137 e. The number of benzene rings is 2. The normalized spacial score (nSPS) is 11.0. The zero-order valence-corrected chi connectivity index (χ0v) is 12.2. The first-order valence-electron chi connectivity index (χ1n) is 6.44. The minimum atomic E-state index is -0.333. The van der Waals surface area contributed by atoms with Crippen LogP contribution in [-0.2, 0) is 0 Å². The van der Waals surface area contributed by atoms with Crippen LogP contribution in [0.4, 0.5) is 4.39 Å². The fraction of sp³-hybridized carbons (Fsp3) is 0.118. The van der Waals surface area contributed by atoms with E-state index >= 15 is 0 Å². The summed E-state index contributed by atoms with van der Waals surface area (Å²) in [4.78, 5) is 0. The van der Waals surface area contributed by atoms with E-state index in [2.05, 4.69) is 6.07 Å². The Labute approximate surface area is 128 Å². The molecule has 0 saturated heterocycles. The molecule has 0 bridgehead atoms. The predicted octanol–water partition coefficient (Wildman–Crippen LogP) is 4.94. The summed E-state index contributed by atoms with van der Waals surface area (Å²) in [6, 6.07) is 13.2. The van der Waals surface area contributed by atoms with Crippen molar-refractivity contribution in [2.24, 2.45) is 0 Å². The van der Waals surface area contributed by atoms with Crippen molar-refractivity contribution in [3.8, 4) is 11.8 Å². The van der Waals surface area contributed by atoms with Crippen LogP contribution in [0, 0.1) is 17.1 Å². The van der Waals surface area contributed by atoms with E-state index in [0.717, 1.165) is 5.56 Å². The molecule has 0 amide bonds. The third kappa shape index (κ3) is 3.84. The highest BCUT2D eigenvalue weighted by Gasteiger charge is 2.04. The summed E-state index contributed by atoms with van der Waals surface area (Å²) in [5, 5.41) is 9.74. The summed E-state index contributed by atoms with van der Waals surface area (Å²) in [6.45, 7) is 2.42. The van der Waals surface area contributed by atoms with E-state index < -0.39 is 0 Å². The highest BCUT2D eigenvalue weighted by Crippen LogP contribution is 2.27. The second-order valence-corrected chi connectivity index (χ2v) is 4.71. The lowest BCUT2D eigenvalue weighted by atomic mass is 10.0. The molecule has 0 aliphatic heterocycles. The minimum Gasteiger partial charge on any atom is -0.492 e. The molecule has 2 rings (SSSR count). The Hall–Kier alpha value is -2.31. The molecule has 0 aromatic heterocycles. The monoisotopic (exact) mass is 301 g/mol. The standard InChI is InChI=1S/C17H13ClFNO/c1-2-21-17-8-3-12(10-16(17)18)9-14(11-20)13-4-6-15(19)7-5-13/h3-10H,2H2,1H3/b14-9-. The summed E-state index contributed by atoms with van der Waals surface area (Å²) in [7, 11) is 0. The van der Waals surface area contributed by atoms with Crippen LogP contribution in [0.5, 0.6) is 5.75 Å². The molecule has 106 valence electrons. The van der Waals surface area contributed by atoms with Crippen LogP contribution in [0.2, 0.25) is 5.02 Å². The number of hydrogen-bond acceptors (Lipinski definition) is 2. The van der Waals surface area contributed by atoms with Crippen LogP contribution in [-0.4, -0.2) is 6.61 Å². The average molecular weight is 302 g/mol. The maximum Gasteiger partial charge on any atom is 0.137 e. The van der Waals surface area contributed by atoms with Gasteiger partial charge in [-0.25, -0.2) is 4.39 Å². The Morgan fingerprint density at radius 3 is 2.57 bits per heavy atom. The zero-order valence-electron chi connectivity index (χ0n) is 11.4. The van der Waals surface area contributed by atoms with Crippen molar-refractivity contribution in [1.29, 1.82) is 5.26 Å². The molecule has 0 spiro atoms. The van der Waals surface area contributed by atoms with E-state index in [1.807, 2.05) is 13.0 Å². The van der Waals surface area contributed by atoms with Gasteiger partial charge in [0.25, 0.3) is 0 Å². The molecule has 0 N–H and O–H groups in total. The predicted molar refractivity (Wildman–Crippen MR) is 82.5 cm³/mol. The summed E-state index contributed by atoms with van der Waals surface area (Å²) in [6.07, 6.45) is 1.70. The SMILES string of the molecule is CCOc1ccc(/C=C(/C#N)c2ccc(F)cc2)cc1Cl. The molecule has 2 aromatic carbocycles. The van der Waals surface area contributed by atoms with Gasteiger partial charge in [-0.15, -0.1) is 0 Å². The third-order valence-electron chi connectivity index (χ3n) is 2.84. The first-order valence-corrected chi connectivity index (χ1v) is 6.82. The number of nitrogens with zero attached hydrogens (tertiary/aromatic N) is 1. The largest absolute Gasteiger partial charge is 0.492 e. The van der Waals surface area contributed by atoms with E-state index in [9.17, 15) is 9.65 Å². The molecule has 0 unspecified atom stereocenters. The highest BCUT2D eigenvalue weighted by molar-refractivity contribution is 6.32. The molecule has 0 aliphatic carbocycles. The number of halogens is 2. The van der Waals surface area contributed by atoms with E-state index in [4.69, 9.17) is 16.3 Å². The fourth-order valence-corrected chi connectivity index (χ4v) is 2.10. The average Bonchev–Trinajstić information content (AvgIpc) is 2.48. The van der Waals surface area contributed by atoms with Crippen LogP contribution in [0.3, 0.4) is 0 Å². The molecular weight excluding hydrogens is 289 g/mol. The Balaban J connectivity index is 2.34. The molecule has 0 fully saturated rings. The molecule has 2 aromatic rings. The van der Waals surface area contributed by atoms with Crippen molar-refractivity contribution in [1.82, 2.24) is 0 Å². The lowest BCUT2D eigenvalue weighted by Gasteiger charge is -2.06. The van der Waals surface area contributed by atoms with Crippen LogP contribution in [0.1, 0.15) is 18.1 Å². The Morgan fingerprint density at radius 1 is 1.29 bits per heavy atom. The van der Waals surface area contributed by atoms with Crippen molar-refractivity contribution >= 4 is 23.3 Å². The number of nitriles is 1. The molecule has 2 nitrogen and oxygen atoms in total. The van der Waals surface area contributed by atoms with Crippen molar-refractivity contribution < 1.29 is 9.13 Å². The van der Waals surface area contributed by atoms with Gasteiger partial charge in [0.1, 0.15) is 11.6 Å². The van der Waals surface area contributed by atoms with Crippen molar-refractivity contribution in [3.05, 3.63) is 64.4 Å². The molecule has 0 aliphatic rings. The molecule has 0 saturated carbocycles. The molecule has 21 heavy (non-hydrogen) atoms. The second kappa shape index (κ2) is 6.92. The topological polar surface area (TPSA) is 33.0 Å². The van der Waals surface area contributed by atoms with Crippen molar-refractivity contribution in [3.63, 3.8) is 0 Å². The van der Waals surface area contributed by atoms with E-state index in [-0.39, 0.29) is 5.82 Å². The van der Waals surface area contributed by atoms with Gasteiger partial charge in [0, 0.05) is 0 Å². The maximum absolute atomic E-state index is 12.9. The molecular formula is C17H13ClFNO. The maximum atomic E-state index is 12.9. The number of ether oxygens (including phenoxy) is 1. The fourth-order valence-electron chi connectivity index (χ4n) is 1.86. The van der Waals surface area contributed by atoms with Crippen LogP contribution >= 0.6 is 11.6 Å². The molecule has 0 radical (unpaired) electrons. The number of allylic oxidation sites excluding steroid dienone is 1. The molecule has 0 heterocycles. The lowest BCUT2D eigenvalue weighted by Crippen LogP contribution is -1.92. The van der Waals surface area contributed by atoms with Gasteiger partial charge in [-0.1, -0.05) is 29.8 Å². The minimum absolute atomic E-state index is 0.333. The third-order valence-corrected chi connectivity index (χ3v) is 3.14. The van der Waals surface area contributed by atoms with Crippen molar-refractivity contribution in [2.75, 3.05) is 6.61 Å². The first-order chi connectivity index (χ1) is 10.1. The van der Waals surface area contributed by atoms with Gasteiger partial charge in [0.2, 0.25) is 0 Å². The zero-order chi connectivity index (χ0) is 15.2. The number of rotatable bonds is 4. The van der Waals surface area contributed by atoms with E-state index in [0.29, 0.717) is 28.5 Å². The van der Waals surface area contributed by atoms with Gasteiger partial charge in [-0.3, -0.25) is 0 Å². The van der Waals surface area contributed by atoms with Crippen LogP contribution < -0.4 is 4.74 Å². The number of hydrogen-bond donors (Lipinski definition) is 0. The van der Waals surface area contributed by atoms with Crippen molar-refractivity contribution in [2.45, 2.75) is 6.92 Å². The van der Waals surface area contributed by atoms with Gasteiger partial charge >= 0.3 is 0 Å². The summed E-state index contributed by atoms with van der Waals surface area (Å²) in [5.74, 6) is 0.275. The van der Waals surface area contributed by atoms with Gasteiger partial charge < -0.3 is 4.74 Å². The van der Waals surface area contributed by atoms with Crippen LogP contribution in [0.25, 0.3) is 11.6 Å². The highest BCUT2D eigenvalue weighted by atomic mass is 35.5. The summed E-state index contributed by atoms with van der Waals surface area (Å²) in [5.41, 5.74) is 1.88. The summed E-state index contributed by atoms with van der Waals surface area (Å²) < 4.78 is 18.3. The second-order valence-electron chi connectivity index (χ2n) is 4.30. The summed E-state index contributed by atoms with van der Waals surface area (Å²) >= 11 is 6.11. The van der Waals surface area contributed by atoms with E-state index in [1.54, 1.807) is 30.3 Å². The Bertz CT molecular complexity index is 702. The molecule has 0 atom stereocenters. The Morgan fingerprint density at radius 2 is 2.00 bits per heavy atom.